The van der Waals surface area contributed by atoms with E-state index in [1.807, 2.05) is 20.8 Å². The summed E-state index contributed by atoms with van der Waals surface area (Å²) in [6.07, 6.45) is 0.162. The van der Waals surface area contributed by atoms with Gasteiger partial charge in [-0.3, -0.25) is 4.79 Å². The first-order chi connectivity index (χ1) is 7.78. The van der Waals surface area contributed by atoms with E-state index in [9.17, 15) is 9.18 Å². The molecular weight excluding hydrogens is 243 g/mol. The van der Waals surface area contributed by atoms with Gasteiger partial charge in [0.15, 0.2) is 5.78 Å². The molecule has 0 amide bonds. The van der Waals surface area contributed by atoms with Gasteiger partial charge in [-0.25, -0.2) is 4.39 Å². The Hall–Kier alpha value is -0.930. The van der Waals surface area contributed by atoms with Crippen LogP contribution in [-0.4, -0.2) is 18.0 Å². The average Bonchev–Trinajstić information content (AvgIpc) is 2.18. The van der Waals surface area contributed by atoms with Crippen LogP contribution in [0, 0.1) is 5.82 Å². The maximum Gasteiger partial charge on any atom is 0.162 e. The molecule has 0 atom stereocenters. The van der Waals surface area contributed by atoms with E-state index < -0.39 is 5.82 Å². The topological polar surface area (TPSA) is 26.3 Å². The number of hydrogen-bond acceptors (Lipinski definition) is 2. The highest BCUT2D eigenvalue weighted by Crippen LogP contribution is 2.18. The Morgan fingerprint density at radius 3 is 2.59 bits per heavy atom. The normalized spacial score (nSPS) is 11.6. The van der Waals surface area contributed by atoms with Gasteiger partial charge in [-0.1, -0.05) is 17.7 Å². The van der Waals surface area contributed by atoms with E-state index in [-0.39, 0.29) is 29.4 Å². The molecule has 0 saturated heterocycles. The second-order valence-electron chi connectivity index (χ2n) is 4.85. The quantitative estimate of drug-likeness (QED) is 0.827. The van der Waals surface area contributed by atoms with Crippen molar-refractivity contribution in [1.29, 1.82) is 0 Å². The Labute approximate surface area is 106 Å². The van der Waals surface area contributed by atoms with Crippen molar-refractivity contribution in [3.63, 3.8) is 0 Å². The molecule has 0 fully saturated rings. The van der Waals surface area contributed by atoms with Crippen LogP contribution >= 0.6 is 11.6 Å². The zero-order chi connectivity index (χ0) is 13.1. The fraction of sp³-hybridized carbons (Fsp3) is 0.462. The lowest BCUT2D eigenvalue weighted by atomic mass is 10.1. The van der Waals surface area contributed by atoms with E-state index in [0.29, 0.717) is 5.56 Å². The molecule has 0 aliphatic heterocycles. The first-order valence-corrected chi connectivity index (χ1v) is 5.75. The highest BCUT2D eigenvalue weighted by molar-refractivity contribution is 6.31. The van der Waals surface area contributed by atoms with Gasteiger partial charge in [0.2, 0.25) is 0 Å². The monoisotopic (exact) mass is 258 g/mol. The summed E-state index contributed by atoms with van der Waals surface area (Å²) in [5.41, 5.74) is 0.276. The maximum absolute atomic E-state index is 12.8. The summed E-state index contributed by atoms with van der Waals surface area (Å²) in [6, 6.07) is 4.01. The standard InChI is InChI=1S/C13H16ClFO2/c1-13(2,3)17-8-11(16)6-9-4-5-10(15)7-12(9)14/h4-5,7H,6,8H2,1-3H3. The first kappa shape index (κ1) is 14.1. The predicted molar refractivity (Wildman–Crippen MR) is 65.8 cm³/mol. The molecule has 4 heteroatoms. The number of benzene rings is 1. The predicted octanol–water partition coefficient (Wildman–Crippen LogP) is 3.41. The third-order valence-electron chi connectivity index (χ3n) is 2.07. The fourth-order valence-electron chi connectivity index (χ4n) is 1.23. The zero-order valence-electron chi connectivity index (χ0n) is 10.2. The molecule has 0 N–H and O–H groups in total. The number of Topliss-reactive ketones (excluding diaryl/α,β-unsaturated/α-hetero) is 1. The van der Waals surface area contributed by atoms with Crippen LogP contribution in [0.5, 0.6) is 0 Å². The van der Waals surface area contributed by atoms with E-state index in [0.717, 1.165) is 0 Å². The van der Waals surface area contributed by atoms with Crippen molar-refractivity contribution in [3.05, 3.63) is 34.6 Å². The summed E-state index contributed by atoms with van der Waals surface area (Å²) in [5.74, 6) is -0.481. The molecule has 1 aromatic carbocycles. The van der Waals surface area contributed by atoms with Gasteiger partial charge in [-0.2, -0.15) is 0 Å². The number of halogens is 2. The molecule has 0 bridgehead atoms. The Morgan fingerprint density at radius 2 is 2.06 bits per heavy atom. The van der Waals surface area contributed by atoms with Gasteiger partial charge < -0.3 is 4.74 Å². The minimum atomic E-state index is -0.405. The van der Waals surface area contributed by atoms with Crippen LogP contribution in [0.3, 0.4) is 0 Å². The lowest BCUT2D eigenvalue weighted by Gasteiger charge is -2.18. The molecule has 0 aliphatic carbocycles. The summed E-state index contributed by atoms with van der Waals surface area (Å²) in [4.78, 5) is 11.6. The molecule has 2 nitrogen and oxygen atoms in total. The Balaban J connectivity index is 2.57. The second-order valence-corrected chi connectivity index (χ2v) is 5.26. The van der Waals surface area contributed by atoms with Crippen molar-refractivity contribution >= 4 is 17.4 Å². The number of ether oxygens (including phenoxy) is 1. The van der Waals surface area contributed by atoms with E-state index in [2.05, 4.69) is 0 Å². The SMILES string of the molecule is CC(C)(C)OCC(=O)Cc1ccc(F)cc1Cl. The molecule has 1 aromatic rings. The van der Waals surface area contributed by atoms with Crippen LogP contribution in [0.4, 0.5) is 4.39 Å². The van der Waals surface area contributed by atoms with Gasteiger partial charge in [0.25, 0.3) is 0 Å². The van der Waals surface area contributed by atoms with Crippen LogP contribution in [0.15, 0.2) is 18.2 Å². The lowest BCUT2D eigenvalue weighted by molar-refractivity contribution is -0.127. The molecule has 0 heterocycles. The van der Waals surface area contributed by atoms with E-state index >= 15 is 0 Å². The number of hydrogen-bond donors (Lipinski definition) is 0. The van der Waals surface area contributed by atoms with Gasteiger partial charge in [0.05, 0.1) is 5.60 Å². The smallest absolute Gasteiger partial charge is 0.162 e. The van der Waals surface area contributed by atoms with Crippen LogP contribution in [-0.2, 0) is 16.0 Å². The number of carbonyl (C=O) groups excluding carboxylic acids is 1. The van der Waals surface area contributed by atoms with Crippen molar-refractivity contribution in [2.75, 3.05) is 6.61 Å². The number of ketones is 1. The van der Waals surface area contributed by atoms with Gasteiger partial charge in [-0.05, 0) is 38.5 Å². The third kappa shape index (κ3) is 5.29. The molecule has 0 spiro atoms. The largest absolute Gasteiger partial charge is 0.368 e. The lowest BCUT2D eigenvalue weighted by Crippen LogP contribution is -2.24. The van der Waals surface area contributed by atoms with Crippen molar-refractivity contribution in [3.8, 4) is 0 Å². The summed E-state index contributed by atoms with van der Waals surface area (Å²) in [6.45, 7) is 5.68. The van der Waals surface area contributed by atoms with Crippen molar-refractivity contribution < 1.29 is 13.9 Å². The fourth-order valence-corrected chi connectivity index (χ4v) is 1.46. The molecule has 94 valence electrons. The zero-order valence-corrected chi connectivity index (χ0v) is 11.0. The maximum atomic E-state index is 12.8. The summed E-state index contributed by atoms with van der Waals surface area (Å²) < 4.78 is 18.2. The van der Waals surface area contributed by atoms with Crippen LogP contribution in [0.2, 0.25) is 5.02 Å². The highest BCUT2D eigenvalue weighted by Gasteiger charge is 2.14. The molecule has 0 radical (unpaired) electrons. The van der Waals surface area contributed by atoms with E-state index in [4.69, 9.17) is 16.3 Å². The second kappa shape index (κ2) is 5.61. The first-order valence-electron chi connectivity index (χ1n) is 5.37. The minimum Gasteiger partial charge on any atom is -0.368 e. The molecule has 0 aromatic heterocycles. The summed E-state index contributed by atoms with van der Waals surface area (Å²) in [5, 5.41) is 0.272. The van der Waals surface area contributed by atoms with Crippen molar-refractivity contribution in [1.82, 2.24) is 0 Å². The molecular formula is C13H16ClFO2. The Kier molecular flexibility index (Phi) is 4.66. The Morgan fingerprint density at radius 1 is 1.41 bits per heavy atom. The Bertz CT molecular complexity index is 410. The van der Waals surface area contributed by atoms with Gasteiger partial charge >= 0.3 is 0 Å². The van der Waals surface area contributed by atoms with Crippen molar-refractivity contribution in [2.24, 2.45) is 0 Å². The molecule has 0 unspecified atom stereocenters. The van der Waals surface area contributed by atoms with Gasteiger partial charge in [-0.15, -0.1) is 0 Å². The number of carbonyl (C=O) groups is 1. The van der Waals surface area contributed by atoms with E-state index in [1.165, 1.54) is 18.2 Å². The third-order valence-corrected chi connectivity index (χ3v) is 2.42. The van der Waals surface area contributed by atoms with Crippen molar-refractivity contribution in [2.45, 2.75) is 32.8 Å². The van der Waals surface area contributed by atoms with Crippen LogP contribution in [0.1, 0.15) is 26.3 Å². The van der Waals surface area contributed by atoms with Crippen LogP contribution < -0.4 is 0 Å². The molecule has 0 aliphatic rings. The molecule has 1 rings (SSSR count). The summed E-state index contributed by atoms with van der Waals surface area (Å²) >= 11 is 5.83. The molecule has 17 heavy (non-hydrogen) atoms. The number of rotatable bonds is 4. The van der Waals surface area contributed by atoms with E-state index in [1.54, 1.807) is 0 Å². The average molecular weight is 259 g/mol. The van der Waals surface area contributed by atoms with Crippen LogP contribution in [0.25, 0.3) is 0 Å². The highest BCUT2D eigenvalue weighted by atomic mass is 35.5. The van der Waals surface area contributed by atoms with Gasteiger partial charge in [0.1, 0.15) is 12.4 Å². The summed E-state index contributed by atoms with van der Waals surface area (Å²) in [7, 11) is 0. The minimum absolute atomic E-state index is 0.0389. The molecule has 0 saturated carbocycles. The van der Waals surface area contributed by atoms with Gasteiger partial charge in [0, 0.05) is 11.4 Å².